The largest absolute Gasteiger partial charge is 0.398 e. The van der Waals surface area contributed by atoms with Crippen molar-refractivity contribution in [2.75, 3.05) is 74.0 Å². The van der Waals surface area contributed by atoms with E-state index in [0.29, 0.717) is 50.2 Å². The van der Waals surface area contributed by atoms with Gasteiger partial charge in [-0.3, -0.25) is 65.7 Å². The van der Waals surface area contributed by atoms with Gasteiger partial charge in [0, 0.05) is 89.7 Å². The predicted octanol–water partition coefficient (Wildman–Crippen LogP) is 1.21. The number of aliphatic hydroxyl groups excluding tert-OH is 3. The number of nitrogens with zero attached hydrogens (tertiary/aromatic N) is 15. The molecule has 21 heterocycles. The van der Waals surface area contributed by atoms with Crippen molar-refractivity contribution in [2.24, 2.45) is 0 Å². The maximum atomic E-state index is 13.5. The van der Waals surface area contributed by atoms with Crippen LogP contribution in [0.15, 0.2) is 107 Å². The van der Waals surface area contributed by atoms with Gasteiger partial charge in [0.05, 0.1) is 76.9 Å². The molecule has 12 aromatic heterocycles. The number of H-pyrrole nitrogens is 3. The molecule has 9 aliphatic rings. The van der Waals surface area contributed by atoms with Crippen LogP contribution in [0.4, 0.5) is 34.9 Å². The zero-order chi connectivity index (χ0) is 92.9. The number of pyridine rings is 3. The Morgan fingerprint density at radius 1 is 0.356 bits per heavy atom. The molecule has 66 heteroatoms. The first-order valence-corrected chi connectivity index (χ1v) is 55.0. The van der Waals surface area contributed by atoms with Crippen molar-refractivity contribution in [3.63, 3.8) is 0 Å². The Bertz CT molecular complexity index is 6360. The second kappa shape index (κ2) is 36.2. The van der Waals surface area contributed by atoms with Crippen LogP contribution in [-0.4, -0.2) is 258 Å². The van der Waals surface area contributed by atoms with Crippen LogP contribution in [0.2, 0.25) is 0 Å². The lowest BCUT2D eigenvalue weighted by atomic mass is 10.1. The lowest BCUT2D eigenvalue weighted by molar-refractivity contribution is -0.0603. The number of imidazole rings is 3. The number of anilines is 6. The molecule has 11 unspecified atom stereocenters. The fourth-order valence-electron chi connectivity index (χ4n) is 16.6. The summed E-state index contributed by atoms with van der Waals surface area (Å²) >= 11 is 30.7. The summed E-state index contributed by atoms with van der Waals surface area (Å²) < 4.78 is 128. The molecule has 23 N–H and O–H groups in total. The first kappa shape index (κ1) is 93.7. The van der Waals surface area contributed by atoms with Crippen LogP contribution in [0.5, 0.6) is 0 Å². The van der Waals surface area contributed by atoms with Crippen LogP contribution in [0, 0.1) is 0 Å². The van der Waals surface area contributed by atoms with E-state index in [0.717, 1.165) is 0 Å². The molecule has 27 atom stereocenters. The van der Waals surface area contributed by atoms with Crippen LogP contribution < -0.4 is 51.1 Å². The summed E-state index contributed by atoms with van der Waals surface area (Å²) in [4.78, 5) is 137. The number of aliphatic hydroxyl groups is 3. The summed E-state index contributed by atoms with van der Waals surface area (Å²) in [6, 6.07) is 10.1. The van der Waals surface area contributed by atoms with Gasteiger partial charge in [-0.1, -0.05) is 12.2 Å². The van der Waals surface area contributed by atoms with E-state index in [1.807, 2.05) is 0 Å². The molecule has 0 radical (unpaired) electrons. The van der Waals surface area contributed by atoms with Crippen molar-refractivity contribution >= 4 is 213 Å². The van der Waals surface area contributed by atoms with Crippen molar-refractivity contribution in [3.05, 3.63) is 124 Å². The fraction of sp³-hybridized carbons (Fsp3) is 0.455. The number of ether oxygens (including phenoxy) is 6. The molecule has 54 nitrogen and oxygen atoms in total. The first-order chi connectivity index (χ1) is 62.7. The summed E-state index contributed by atoms with van der Waals surface area (Å²) in [5, 5.41) is 35.8. The highest BCUT2D eigenvalue weighted by Crippen LogP contribution is 2.61. The van der Waals surface area contributed by atoms with E-state index in [4.69, 9.17) is 176 Å². The minimum atomic E-state index is -4.15. The monoisotopic (exact) mass is 2060 g/mol. The number of hydrogen-bond acceptors (Lipinski definition) is 45. The summed E-state index contributed by atoms with van der Waals surface area (Å²) in [7, 11) is 0. The van der Waals surface area contributed by atoms with Crippen LogP contribution in [0.3, 0.4) is 0 Å². The number of nitrogen functional groups attached to an aromatic ring is 6. The zero-order valence-corrected chi connectivity index (χ0v) is 77.4. The van der Waals surface area contributed by atoms with E-state index < -0.39 is 206 Å². The number of rotatable bonds is 6. The Morgan fingerprint density at radius 3 is 0.947 bits per heavy atom. The minimum absolute atomic E-state index is 0.000451. The predicted molar refractivity (Wildman–Crippen MR) is 480 cm³/mol. The number of aromatic nitrogens is 18. The van der Waals surface area contributed by atoms with Gasteiger partial charge in [0.1, 0.15) is 90.2 Å². The average Bonchev–Trinajstić information content (AvgIpc) is 1.64. The molecule has 0 spiro atoms. The summed E-state index contributed by atoms with van der Waals surface area (Å²) in [6.07, 6.45) is -9.05. The van der Waals surface area contributed by atoms with E-state index in [2.05, 4.69) is 72.1 Å². The Labute approximate surface area is 768 Å². The van der Waals surface area contributed by atoms with Gasteiger partial charge in [0.2, 0.25) is 17.8 Å². The molecule has 12 aromatic rings. The third kappa shape index (κ3) is 18.8. The van der Waals surface area contributed by atoms with E-state index in [1.165, 1.54) is 51.3 Å². The van der Waals surface area contributed by atoms with E-state index in [9.17, 15) is 58.7 Å². The number of thiol groups is 1. The van der Waals surface area contributed by atoms with Crippen LogP contribution in [0.1, 0.15) is 56.6 Å². The smallest absolute Gasteiger partial charge is 0.386 e. The SMILES string of the molecule is Nc1nc2c(ncn2C2OC3COP(O)(=S)O[C@H]4[C@@H](O)[C@H](n5ccc6c(N)ccnc65)O[C@@H]4COP(=O)(S)O[C@@H]2C3)c(=O)[nH]1.Nc1nc2c(ncn2C2OC3COP(O)(=S)O[C@H]4[C@@H](O)[C@H](n5ccc6c(N)ccnc65)O[C@@H]4COP(O)(=S)O[C@@H]2C3)c(=O)[nH]1.Nc1nc2c(ncn2[C@@H]2OC3COP(O)(=S)O[C@H]4[C@@H](O)[C@H](n5ccc6c(N)ccnc65)O[C@@H]4COP(O)(=S)O[C@@H]2C3)c(=O)[nH]1. The van der Waals surface area contributed by atoms with Crippen molar-refractivity contribution in [1.29, 1.82) is 0 Å². The molecule has 0 amide bonds. The molecule has 21 rings (SSSR count). The minimum Gasteiger partial charge on any atom is -0.398 e. The molecule has 0 aliphatic carbocycles. The van der Waals surface area contributed by atoms with Crippen molar-refractivity contribution in [1.82, 2.24) is 87.2 Å². The zero-order valence-electron chi connectivity index (χ0n) is 67.1. The summed E-state index contributed by atoms with van der Waals surface area (Å²) in [5.41, 5.74) is 36.7. The Hall–Kier alpha value is -7.29. The maximum absolute atomic E-state index is 13.5. The van der Waals surface area contributed by atoms with Gasteiger partial charge in [0.25, 0.3) is 16.7 Å². The van der Waals surface area contributed by atoms with E-state index in [-0.39, 0.29) is 90.4 Å². The third-order valence-corrected chi connectivity index (χ3v) is 31.8. The van der Waals surface area contributed by atoms with Gasteiger partial charge < -0.3 is 148 Å². The van der Waals surface area contributed by atoms with Crippen LogP contribution >= 0.6 is 52.6 Å². The lowest BCUT2D eigenvalue weighted by Crippen LogP contribution is -2.36. The maximum Gasteiger partial charge on any atom is 0.386 e. The average molecular weight is 2070 g/mol. The molecule has 9 aliphatic heterocycles. The van der Waals surface area contributed by atoms with E-state index in [1.54, 1.807) is 68.7 Å². The quantitative estimate of drug-likeness (QED) is 0.0822. The van der Waals surface area contributed by atoms with Crippen LogP contribution in [-0.2, 0) is 146 Å². The third-order valence-electron chi connectivity index (χ3n) is 22.4. The van der Waals surface area contributed by atoms with E-state index >= 15 is 0 Å². The Morgan fingerprint density at radius 2 is 0.636 bits per heavy atom. The summed E-state index contributed by atoms with van der Waals surface area (Å²) in [6.45, 7) is -26.3. The highest BCUT2D eigenvalue weighted by Gasteiger charge is 2.55. The molecule has 132 heavy (non-hydrogen) atoms. The summed E-state index contributed by atoms with van der Waals surface area (Å²) in [5.74, 6) is -0.440. The lowest BCUT2D eigenvalue weighted by Gasteiger charge is -2.28. The van der Waals surface area contributed by atoms with Crippen molar-refractivity contribution < 1.29 is 127 Å². The van der Waals surface area contributed by atoms with Crippen molar-refractivity contribution in [2.45, 2.75) is 148 Å². The molecular weight excluding hydrogens is 1990 g/mol. The molecule has 9 saturated heterocycles. The number of nitrogens with two attached hydrogens (primary N) is 6. The highest BCUT2D eigenvalue weighted by molar-refractivity contribution is 8.44. The van der Waals surface area contributed by atoms with Gasteiger partial charge in [-0.15, -0.1) is 0 Å². The van der Waals surface area contributed by atoms with Gasteiger partial charge in [-0.05, 0) is 95.4 Å². The van der Waals surface area contributed by atoms with Crippen LogP contribution in [0.25, 0.3) is 66.6 Å². The first-order valence-electron chi connectivity index (χ1n) is 39.4. The second-order valence-corrected chi connectivity index (χ2v) is 47.8. The molecular formula is C66H78N24O30P6S6. The molecule has 708 valence electrons. The van der Waals surface area contributed by atoms with Gasteiger partial charge in [0.15, 0.2) is 70.9 Å². The van der Waals surface area contributed by atoms with Gasteiger partial charge in [-0.2, -0.15) is 15.0 Å². The number of fused-ring (bicyclic) bond motifs is 15. The van der Waals surface area contributed by atoms with Gasteiger partial charge >= 0.3 is 40.4 Å². The molecule has 6 bridgehead atoms. The standard InChI is InChI=1S/3C22H26N8O10P2S2/c3*23-11-1-3-25-17-10(11)2-4-29(17)21-15(31)16-13(38-21)7-36-41(33,43)39-12-5-9(6-35-42(34,44)40-16)37-20(12)30-8-26-14-18(30)27-22(24)28-19(14)32/h3*1-4,8-9,12-13,15-16,20-21,31H,5-7H2,(H2,23,25)(H,33,43)(H,34,44)(H3,24,27,28,32)/t2*9?,12-,13-,15-,16-,20?,21-,41?,42?;9?,12-,13-,15-,16-,20-,21-,41?,42?/m111/s1. The highest BCUT2D eigenvalue weighted by atomic mass is 32.7. The van der Waals surface area contributed by atoms with Gasteiger partial charge in [-0.25, -0.2) is 34.5 Å². The normalized spacial score (nSPS) is 36.6. The Kier molecular flexibility index (Phi) is 25.7. The molecule has 0 aromatic carbocycles. The number of hydrogen-bond donors (Lipinski definition) is 18. The second-order valence-electron chi connectivity index (χ2n) is 31.0. The number of aromatic amines is 3. The molecule has 9 fully saturated rings. The van der Waals surface area contributed by atoms with Crippen molar-refractivity contribution in [3.8, 4) is 0 Å². The topological polar surface area (TPSA) is 745 Å². The number of nitrogens with one attached hydrogen (secondary N) is 3. The fourth-order valence-corrected chi connectivity index (χ4v) is 25.3. The Balaban J connectivity index is 0.000000128. The molecule has 0 saturated carbocycles.